The third-order valence-corrected chi connectivity index (χ3v) is 5.62. The SMILES string of the molecule is CCC(CC)(C(=O)OC(C)(C)C(=O)OC(C)(C)C(C)C)C(C)(C)C. The van der Waals surface area contributed by atoms with Crippen molar-refractivity contribution in [2.24, 2.45) is 16.7 Å². The fraction of sp³-hybridized carbons (Fsp3) is 0.900. The third-order valence-electron chi connectivity index (χ3n) is 5.62. The Morgan fingerprint density at radius 2 is 1.21 bits per heavy atom. The smallest absolute Gasteiger partial charge is 0.350 e. The molecule has 0 amide bonds. The lowest BCUT2D eigenvalue weighted by Gasteiger charge is -2.43. The molecule has 0 atom stereocenters. The Balaban J connectivity index is 5.41. The first kappa shape index (κ1) is 22.9. The number of hydrogen-bond donors (Lipinski definition) is 0. The van der Waals surface area contributed by atoms with Crippen LogP contribution in [0.2, 0.25) is 0 Å². The van der Waals surface area contributed by atoms with E-state index in [9.17, 15) is 9.59 Å². The Hall–Kier alpha value is -1.06. The molecule has 0 fully saturated rings. The first-order valence-corrected chi connectivity index (χ1v) is 9.04. The maximum Gasteiger partial charge on any atom is 0.350 e. The van der Waals surface area contributed by atoms with E-state index >= 15 is 0 Å². The second-order valence-corrected chi connectivity index (χ2v) is 9.09. The van der Waals surface area contributed by atoms with Crippen LogP contribution in [0.15, 0.2) is 0 Å². The van der Waals surface area contributed by atoms with Crippen molar-refractivity contribution in [1.82, 2.24) is 0 Å². The van der Waals surface area contributed by atoms with Gasteiger partial charge in [-0.25, -0.2) is 4.79 Å². The van der Waals surface area contributed by atoms with E-state index in [0.29, 0.717) is 12.8 Å². The van der Waals surface area contributed by atoms with Crippen LogP contribution in [0.25, 0.3) is 0 Å². The predicted molar refractivity (Wildman–Crippen MR) is 97.7 cm³/mol. The van der Waals surface area contributed by atoms with Crippen LogP contribution < -0.4 is 0 Å². The average Bonchev–Trinajstić information content (AvgIpc) is 2.37. The summed E-state index contributed by atoms with van der Waals surface area (Å²) >= 11 is 0. The molecule has 0 aliphatic carbocycles. The molecule has 0 bridgehead atoms. The molecule has 0 aromatic carbocycles. The first-order valence-electron chi connectivity index (χ1n) is 9.04. The fourth-order valence-electron chi connectivity index (χ4n) is 2.76. The van der Waals surface area contributed by atoms with Crippen molar-refractivity contribution >= 4 is 11.9 Å². The monoisotopic (exact) mass is 342 g/mol. The number of hydrogen-bond acceptors (Lipinski definition) is 4. The highest BCUT2D eigenvalue weighted by atomic mass is 16.6. The van der Waals surface area contributed by atoms with Crippen molar-refractivity contribution in [1.29, 1.82) is 0 Å². The van der Waals surface area contributed by atoms with Crippen LogP contribution in [-0.4, -0.2) is 23.1 Å². The van der Waals surface area contributed by atoms with E-state index in [0.717, 1.165) is 0 Å². The minimum absolute atomic E-state index is 0.160. The summed E-state index contributed by atoms with van der Waals surface area (Å²) < 4.78 is 11.3. The van der Waals surface area contributed by atoms with Gasteiger partial charge in [-0.05, 0) is 51.9 Å². The minimum atomic E-state index is -1.32. The number of rotatable bonds is 7. The summed E-state index contributed by atoms with van der Waals surface area (Å²) in [6.45, 7) is 21.0. The second-order valence-electron chi connectivity index (χ2n) is 9.09. The van der Waals surface area contributed by atoms with Gasteiger partial charge in [0.2, 0.25) is 5.60 Å². The lowest BCUT2D eigenvalue weighted by molar-refractivity contribution is -0.199. The zero-order valence-electron chi connectivity index (χ0n) is 17.6. The Labute approximate surface area is 148 Å². The van der Waals surface area contributed by atoms with Crippen molar-refractivity contribution < 1.29 is 19.1 Å². The maximum atomic E-state index is 13.0. The number of carbonyl (C=O) groups excluding carboxylic acids is 2. The number of esters is 2. The molecule has 0 rings (SSSR count). The van der Waals surface area contributed by atoms with E-state index in [2.05, 4.69) is 0 Å². The van der Waals surface area contributed by atoms with Crippen molar-refractivity contribution in [3.63, 3.8) is 0 Å². The van der Waals surface area contributed by atoms with Gasteiger partial charge < -0.3 is 9.47 Å². The molecule has 4 heteroatoms. The lowest BCUT2D eigenvalue weighted by Crippen LogP contribution is -2.50. The summed E-state index contributed by atoms with van der Waals surface area (Å²) in [6.07, 6.45) is 1.32. The molecule has 142 valence electrons. The summed E-state index contributed by atoms with van der Waals surface area (Å²) in [5.74, 6) is -0.679. The van der Waals surface area contributed by atoms with E-state index in [1.54, 1.807) is 13.8 Å². The molecule has 0 N–H and O–H groups in total. The normalized spacial score (nSPS) is 13.8. The number of carbonyl (C=O) groups is 2. The second kappa shape index (κ2) is 7.45. The van der Waals surface area contributed by atoms with Gasteiger partial charge in [-0.3, -0.25) is 4.79 Å². The van der Waals surface area contributed by atoms with Gasteiger partial charge in [-0.1, -0.05) is 48.5 Å². The van der Waals surface area contributed by atoms with Gasteiger partial charge in [-0.15, -0.1) is 0 Å². The molecule has 0 aliphatic rings. The molecule has 4 nitrogen and oxygen atoms in total. The molecule has 0 aromatic heterocycles. The van der Waals surface area contributed by atoms with Gasteiger partial charge in [-0.2, -0.15) is 0 Å². The van der Waals surface area contributed by atoms with Gasteiger partial charge in [0.15, 0.2) is 0 Å². The van der Waals surface area contributed by atoms with Crippen LogP contribution in [0, 0.1) is 16.7 Å². The first-order chi connectivity index (χ1) is 10.6. The lowest BCUT2D eigenvalue weighted by atomic mass is 9.63. The predicted octanol–water partition coefficient (Wildman–Crippen LogP) is 5.14. The van der Waals surface area contributed by atoms with Crippen LogP contribution in [0.5, 0.6) is 0 Å². The Morgan fingerprint density at radius 1 is 0.792 bits per heavy atom. The average molecular weight is 343 g/mol. The highest BCUT2D eigenvalue weighted by molar-refractivity contribution is 5.85. The van der Waals surface area contributed by atoms with Gasteiger partial charge in [0.05, 0.1) is 5.41 Å². The maximum absolute atomic E-state index is 13.0. The standard InChI is InChI=1S/C20H38O4/c1-12-20(13-2,17(5,6)7)16(22)24-19(10,11)15(21)23-18(8,9)14(3)4/h14H,12-13H2,1-11H3. The molecule has 0 radical (unpaired) electrons. The quantitative estimate of drug-likeness (QED) is 0.601. The molecule has 24 heavy (non-hydrogen) atoms. The molecule has 0 heterocycles. The van der Waals surface area contributed by atoms with Crippen LogP contribution in [0.1, 0.15) is 89.0 Å². The van der Waals surface area contributed by atoms with Crippen molar-refractivity contribution in [3.05, 3.63) is 0 Å². The summed E-state index contributed by atoms with van der Waals surface area (Å²) in [7, 11) is 0. The van der Waals surface area contributed by atoms with Crippen LogP contribution >= 0.6 is 0 Å². The fourth-order valence-corrected chi connectivity index (χ4v) is 2.76. The Morgan fingerprint density at radius 3 is 1.50 bits per heavy atom. The van der Waals surface area contributed by atoms with E-state index in [4.69, 9.17) is 9.47 Å². The Bertz CT molecular complexity index is 449. The largest absolute Gasteiger partial charge is 0.456 e. The Kier molecular flexibility index (Phi) is 7.12. The van der Waals surface area contributed by atoms with Crippen LogP contribution in [0.4, 0.5) is 0 Å². The summed E-state index contributed by atoms with van der Waals surface area (Å²) in [5, 5.41) is 0. The van der Waals surface area contributed by atoms with Gasteiger partial charge in [0, 0.05) is 0 Å². The molecular weight excluding hydrogens is 304 g/mol. The summed E-state index contributed by atoms with van der Waals surface area (Å²) in [5.41, 5.74) is -2.82. The highest BCUT2D eigenvalue weighted by Gasteiger charge is 2.50. The molecule has 0 aliphatic heterocycles. The van der Waals surface area contributed by atoms with Crippen molar-refractivity contribution in [3.8, 4) is 0 Å². The summed E-state index contributed by atoms with van der Waals surface area (Å²) in [4.78, 5) is 25.5. The number of ether oxygens (including phenoxy) is 2. The van der Waals surface area contributed by atoms with E-state index < -0.39 is 22.6 Å². The molecule has 0 aromatic rings. The zero-order valence-corrected chi connectivity index (χ0v) is 17.6. The van der Waals surface area contributed by atoms with Crippen LogP contribution in [-0.2, 0) is 19.1 Å². The van der Waals surface area contributed by atoms with Gasteiger partial charge in [0.25, 0.3) is 0 Å². The molecule has 0 saturated carbocycles. The van der Waals surface area contributed by atoms with Gasteiger partial charge in [0.1, 0.15) is 5.60 Å². The molecule has 0 unspecified atom stereocenters. The molecule has 0 saturated heterocycles. The molecular formula is C20H38O4. The van der Waals surface area contributed by atoms with Crippen LogP contribution in [0.3, 0.4) is 0 Å². The highest BCUT2D eigenvalue weighted by Crippen LogP contribution is 2.46. The van der Waals surface area contributed by atoms with Crippen molar-refractivity contribution in [2.45, 2.75) is 100 Å². The topological polar surface area (TPSA) is 52.6 Å². The van der Waals surface area contributed by atoms with E-state index in [1.807, 2.05) is 62.3 Å². The third kappa shape index (κ3) is 4.73. The zero-order chi connectivity index (χ0) is 19.6. The van der Waals surface area contributed by atoms with E-state index in [-0.39, 0.29) is 17.3 Å². The van der Waals surface area contributed by atoms with Crippen molar-refractivity contribution in [2.75, 3.05) is 0 Å². The minimum Gasteiger partial charge on any atom is -0.456 e. The van der Waals surface area contributed by atoms with E-state index in [1.165, 1.54) is 0 Å². The molecule has 0 spiro atoms. The van der Waals surface area contributed by atoms with Gasteiger partial charge >= 0.3 is 11.9 Å². The summed E-state index contributed by atoms with van der Waals surface area (Å²) in [6, 6.07) is 0.